The topological polar surface area (TPSA) is 230 Å². The van der Waals surface area contributed by atoms with E-state index < -0.39 is 35.6 Å². The number of piperidine rings is 1. The molecule has 7 rings (SSSR count). The first-order valence-corrected chi connectivity index (χ1v) is 20.8. The van der Waals surface area contributed by atoms with Crippen LogP contribution in [0.3, 0.4) is 0 Å². The first-order valence-electron chi connectivity index (χ1n) is 19.0. The number of rotatable bonds is 18. The molecule has 60 heavy (non-hydrogen) atoms. The molecule has 2 aliphatic heterocycles. The highest BCUT2D eigenvalue weighted by atomic mass is 32.2. The molecule has 0 radical (unpaired) electrons. The highest BCUT2D eigenvalue weighted by molar-refractivity contribution is 7.99. The number of thioether (sulfide) groups is 1. The van der Waals surface area contributed by atoms with Gasteiger partial charge in [0.1, 0.15) is 29.8 Å². The van der Waals surface area contributed by atoms with Crippen LogP contribution in [0.1, 0.15) is 73.9 Å². The Bertz CT molecular complexity index is 2430. The summed E-state index contributed by atoms with van der Waals surface area (Å²) in [5.74, 6) is -2.22. The summed E-state index contributed by atoms with van der Waals surface area (Å²) in [4.78, 5) is 90.2. The third kappa shape index (κ3) is 10.5. The molecule has 1 unspecified atom stereocenters. The van der Waals surface area contributed by atoms with Crippen LogP contribution in [0.4, 0.5) is 5.13 Å². The summed E-state index contributed by atoms with van der Waals surface area (Å²) in [7, 11) is 0. The van der Waals surface area contributed by atoms with Crippen molar-refractivity contribution in [2.45, 2.75) is 70.3 Å². The Hall–Kier alpha value is -6.54. The molecule has 310 valence electrons. The molecule has 5 aromatic rings. The summed E-state index contributed by atoms with van der Waals surface area (Å²) < 4.78 is 13.4. The molecular formula is C40H40N10O8S2. The van der Waals surface area contributed by atoms with E-state index in [4.69, 9.17) is 9.47 Å². The zero-order chi connectivity index (χ0) is 42.2. The Labute approximate surface area is 351 Å². The lowest BCUT2D eigenvalue weighted by atomic mass is 10.0. The minimum atomic E-state index is -1.10. The van der Waals surface area contributed by atoms with E-state index in [0.717, 1.165) is 26.7 Å². The Kier molecular flexibility index (Phi) is 13.2. The number of amides is 6. The number of aromatic nitrogens is 6. The van der Waals surface area contributed by atoms with Gasteiger partial charge in [-0.1, -0.05) is 35.2 Å². The van der Waals surface area contributed by atoms with E-state index in [1.54, 1.807) is 10.9 Å². The molecule has 1 fully saturated rings. The van der Waals surface area contributed by atoms with E-state index in [1.807, 2.05) is 50.4 Å². The number of benzene rings is 2. The van der Waals surface area contributed by atoms with Crippen molar-refractivity contribution < 1.29 is 38.2 Å². The summed E-state index contributed by atoms with van der Waals surface area (Å²) in [6.07, 6.45) is 5.57. The number of hydrogen-bond donors (Lipinski definition) is 3. The fourth-order valence-corrected chi connectivity index (χ4v) is 8.15. The zero-order valence-electron chi connectivity index (χ0n) is 32.6. The Balaban J connectivity index is 0.791. The van der Waals surface area contributed by atoms with Gasteiger partial charge in [-0.25, -0.2) is 15.0 Å². The van der Waals surface area contributed by atoms with Crippen molar-refractivity contribution in [3.63, 3.8) is 0 Å². The van der Waals surface area contributed by atoms with Gasteiger partial charge in [0.15, 0.2) is 16.9 Å². The molecular weight excluding hydrogens is 813 g/mol. The van der Waals surface area contributed by atoms with Gasteiger partial charge < -0.3 is 20.1 Å². The fraction of sp³-hybridized carbons (Fsp3) is 0.325. The number of thiazole rings is 1. The third-order valence-corrected chi connectivity index (χ3v) is 11.0. The summed E-state index contributed by atoms with van der Waals surface area (Å²) in [6, 6.07) is 13.0. The van der Waals surface area contributed by atoms with Crippen molar-refractivity contribution in [1.29, 1.82) is 0 Å². The monoisotopic (exact) mass is 852 g/mol. The molecule has 20 heteroatoms. The number of carbonyl (C=O) groups is 6. The van der Waals surface area contributed by atoms with E-state index in [2.05, 4.69) is 41.2 Å². The zero-order valence-corrected chi connectivity index (χ0v) is 34.3. The third-order valence-electron chi connectivity index (χ3n) is 9.27. The number of ether oxygens (including phenoxy) is 2. The number of fused-ring (bicyclic) bond motifs is 1. The molecule has 1 saturated heterocycles. The second kappa shape index (κ2) is 19.0. The van der Waals surface area contributed by atoms with Crippen LogP contribution in [0.5, 0.6) is 11.5 Å². The van der Waals surface area contributed by atoms with E-state index in [0.29, 0.717) is 54.1 Å². The number of nitrogens with zero attached hydrogens (tertiary/aromatic N) is 7. The van der Waals surface area contributed by atoms with E-state index in [-0.39, 0.29) is 54.6 Å². The molecule has 18 nitrogen and oxygen atoms in total. The summed E-state index contributed by atoms with van der Waals surface area (Å²) in [6.45, 7) is 4.57. The maximum absolute atomic E-state index is 13.2. The van der Waals surface area contributed by atoms with Crippen LogP contribution in [-0.2, 0) is 38.8 Å². The quantitative estimate of drug-likeness (QED) is 0.0497. The molecule has 1 atom stereocenters. The van der Waals surface area contributed by atoms with E-state index >= 15 is 0 Å². The second-order valence-corrected chi connectivity index (χ2v) is 16.0. The molecule has 2 aliphatic rings. The lowest BCUT2D eigenvalue weighted by Crippen LogP contribution is -2.54. The van der Waals surface area contributed by atoms with Gasteiger partial charge in [0.25, 0.3) is 17.7 Å². The minimum Gasteiger partial charge on any atom is -0.487 e. The predicted octanol–water partition coefficient (Wildman–Crippen LogP) is 3.42. The van der Waals surface area contributed by atoms with E-state index in [9.17, 15) is 28.8 Å². The Morgan fingerprint density at radius 1 is 0.983 bits per heavy atom. The number of aryl methyl sites for hydroxylation is 3. The van der Waals surface area contributed by atoms with E-state index in [1.165, 1.54) is 41.3 Å². The van der Waals surface area contributed by atoms with Crippen LogP contribution >= 0.6 is 23.1 Å². The van der Waals surface area contributed by atoms with Crippen LogP contribution in [0.2, 0.25) is 0 Å². The molecule has 0 aliphatic carbocycles. The average Bonchev–Trinajstić information content (AvgIpc) is 3.93. The van der Waals surface area contributed by atoms with Gasteiger partial charge in [-0.05, 0) is 69.0 Å². The van der Waals surface area contributed by atoms with Gasteiger partial charge in [0, 0.05) is 48.4 Å². The van der Waals surface area contributed by atoms with Crippen molar-refractivity contribution in [3.8, 4) is 11.5 Å². The maximum Gasteiger partial charge on any atom is 0.266 e. The molecule has 3 N–H and O–H groups in total. The molecule has 2 aromatic carbocycles. The molecule has 0 bridgehead atoms. The van der Waals surface area contributed by atoms with Gasteiger partial charge in [0.05, 0.1) is 23.1 Å². The average molecular weight is 853 g/mol. The van der Waals surface area contributed by atoms with Crippen LogP contribution in [0.15, 0.2) is 66.1 Å². The smallest absolute Gasteiger partial charge is 0.266 e. The summed E-state index contributed by atoms with van der Waals surface area (Å²) in [5.41, 5.74) is 3.44. The van der Waals surface area contributed by atoms with Crippen LogP contribution in [0, 0.1) is 13.8 Å². The molecule has 3 aromatic heterocycles. The number of unbranched alkanes of at least 4 members (excludes halogenated alkanes) is 1. The molecule has 6 amide bonds. The standard InChI is InChI=1S/C40H40N10O8S2/c1-23-15-24(2)44-40(43-23)59-22-34(53)46-39-42-18-28(60-39)17-25-7-5-8-27(16-25)57-20-26-19-49(48-47-26)14-4-3-13-41-33(52)21-58-31-10-6-9-29-35(31)38(56)50(37(29)55)30-11-12-32(51)45-36(30)54/h5-10,15-16,18-19,30H,3-4,11-14,17,20-22H2,1-2H3,(H,41,52)(H,42,46,53)(H,45,51,54). The fourth-order valence-electron chi connectivity index (χ4n) is 6.53. The van der Waals surface area contributed by atoms with Gasteiger partial charge >= 0.3 is 0 Å². The number of carbonyl (C=O) groups excluding carboxylic acids is 6. The first-order chi connectivity index (χ1) is 29.0. The molecule has 5 heterocycles. The van der Waals surface area contributed by atoms with Gasteiger partial charge in [-0.3, -0.25) is 43.7 Å². The van der Waals surface area contributed by atoms with Crippen molar-refractivity contribution in [2.75, 3.05) is 24.2 Å². The highest BCUT2D eigenvalue weighted by Gasteiger charge is 2.46. The number of anilines is 1. The van der Waals surface area contributed by atoms with Gasteiger partial charge in [-0.2, -0.15) is 0 Å². The lowest BCUT2D eigenvalue weighted by molar-refractivity contribution is -0.136. The van der Waals surface area contributed by atoms with Gasteiger partial charge in [-0.15, -0.1) is 16.4 Å². The minimum absolute atomic E-state index is 0.00921. The number of nitrogens with one attached hydrogen (secondary N) is 3. The van der Waals surface area contributed by atoms with Gasteiger partial charge in [0.2, 0.25) is 17.7 Å². The van der Waals surface area contributed by atoms with Crippen LogP contribution in [-0.4, -0.2) is 95.2 Å². The predicted molar refractivity (Wildman–Crippen MR) is 217 cm³/mol. The van der Waals surface area contributed by atoms with Crippen molar-refractivity contribution in [2.24, 2.45) is 0 Å². The van der Waals surface area contributed by atoms with Crippen molar-refractivity contribution in [3.05, 3.63) is 99.6 Å². The first kappa shape index (κ1) is 41.6. The Morgan fingerprint density at radius 2 is 1.80 bits per heavy atom. The number of imide groups is 2. The highest BCUT2D eigenvalue weighted by Crippen LogP contribution is 2.33. The SMILES string of the molecule is Cc1cc(C)nc(SCC(=O)Nc2ncc(Cc3cccc(OCc4cn(CCCCNC(=O)COc5cccc6c5C(=O)N(C5CCC(=O)NC5=O)C6=O)nn4)c3)s2)n1. The van der Waals surface area contributed by atoms with Crippen LogP contribution in [0.25, 0.3) is 0 Å². The second-order valence-electron chi connectivity index (χ2n) is 14.0. The largest absolute Gasteiger partial charge is 0.487 e. The lowest BCUT2D eigenvalue weighted by Gasteiger charge is -2.27. The van der Waals surface area contributed by atoms with Crippen molar-refractivity contribution >= 4 is 63.7 Å². The van der Waals surface area contributed by atoms with Crippen LogP contribution < -0.4 is 25.4 Å². The normalized spacial score (nSPS) is 14.8. The summed E-state index contributed by atoms with van der Waals surface area (Å²) in [5, 5.41) is 17.3. The summed E-state index contributed by atoms with van der Waals surface area (Å²) >= 11 is 2.69. The molecule has 0 spiro atoms. The van der Waals surface area contributed by atoms with Crippen molar-refractivity contribution in [1.82, 2.24) is 45.5 Å². The Morgan fingerprint density at radius 3 is 2.62 bits per heavy atom. The molecule has 0 saturated carbocycles. The maximum atomic E-state index is 13.2. The number of hydrogen-bond acceptors (Lipinski definition) is 15.